The van der Waals surface area contributed by atoms with Crippen molar-refractivity contribution in [1.29, 1.82) is 0 Å². The molecule has 2 aliphatic rings. The molecule has 1 heterocycles. The van der Waals surface area contributed by atoms with Crippen molar-refractivity contribution in [3.05, 3.63) is 0 Å². The molecule has 2 rings (SSSR count). The molecule has 2 atom stereocenters. The van der Waals surface area contributed by atoms with Crippen molar-refractivity contribution in [3.63, 3.8) is 0 Å². The van der Waals surface area contributed by atoms with E-state index in [1.54, 1.807) is 0 Å². The number of nitrogens with one attached hydrogen (secondary N) is 1. The Morgan fingerprint density at radius 3 is 2.50 bits per heavy atom. The first-order valence-electron chi connectivity index (χ1n) is 6.78. The van der Waals surface area contributed by atoms with Crippen LogP contribution in [0.2, 0.25) is 0 Å². The first-order chi connectivity index (χ1) is 7.74. The summed E-state index contributed by atoms with van der Waals surface area (Å²) in [5.74, 6) is 0.849. The molecule has 0 spiro atoms. The van der Waals surface area contributed by atoms with Crippen LogP contribution in [0.1, 0.15) is 46.0 Å². The molecule has 0 bridgehead atoms. The van der Waals surface area contributed by atoms with Crippen LogP contribution in [0, 0.1) is 5.92 Å². The smallest absolute Gasteiger partial charge is 0.240 e. The Balaban J connectivity index is 1.99. The monoisotopic (exact) mass is 224 g/mol. The van der Waals surface area contributed by atoms with Gasteiger partial charge in [0.25, 0.3) is 0 Å². The molecule has 2 fully saturated rings. The standard InChI is InChI=1S/C13H24N2O/c1-3-15(11-6-4-5-7-11)13(16)12-10(2)8-9-14-12/h10-12,14H,3-9H2,1-2H3. The normalized spacial score (nSPS) is 30.9. The molecule has 16 heavy (non-hydrogen) atoms. The van der Waals surface area contributed by atoms with Crippen LogP contribution in [0.15, 0.2) is 0 Å². The van der Waals surface area contributed by atoms with E-state index in [4.69, 9.17) is 0 Å². The minimum absolute atomic E-state index is 0.0838. The van der Waals surface area contributed by atoms with Crippen LogP contribution < -0.4 is 5.32 Å². The molecule has 0 radical (unpaired) electrons. The zero-order valence-electron chi connectivity index (χ0n) is 10.5. The average molecular weight is 224 g/mol. The SMILES string of the molecule is CCN(C(=O)C1NCCC1C)C1CCCC1. The van der Waals surface area contributed by atoms with Crippen molar-refractivity contribution in [1.82, 2.24) is 10.2 Å². The van der Waals surface area contributed by atoms with E-state index in [1.165, 1.54) is 25.7 Å². The van der Waals surface area contributed by atoms with Gasteiger partial charge < -0.3 is 10.2 Å². The Labute approximate surface area is 98.6 Å². The maximum atomic E-state index is 12.4. The first-order valence-corrected chi connectivity index (χ1v) is 6.78. The molecule has 3 nitrogen and oxygen atoms in total. The molecule has 1 saturated heterocycles. The van der Waals surface area contributed by atoms with Gasteiger partial charge in [0.2, 0.25) is 5.91 Å². The lowest BCUT2D eigenvalue weighted by atomic mass is 10.0. The third-order valence-corrected chi connectivity index (χ3v) is 4.19. The second kappa shape index (κ2) is 5.17. The predicted molar refractivity (Wildman–Crippen MR) is 65.2 cm³/mol. The van der Waals surface area contributed by atoms with Gasteiger partial charge in [0.05, 0.1) is 6.04 Å². The quantitative estimate of drug-likeness (QED) is 0.792. The number of hydrogen-bond acceptors (Lipinski definition) is 2. The molecule has 1 aliphatic carbocycles. The van der Waals surface area contributed by atoms with E-state index in [-0.39, 0.29) is 6.04 Å². The Morgan fingerprint density at radius 2 is 2.00 bits per heavy atom. The molecule has 1 N–H and O–H groups in total. The highest BCUT2D eigenvalue weighted by atomic mass is 16.2. The van der Waals surface area contributed by atoms with E-state index >= 15 is 0 Å². The fourth-order valence-electron chi connectivity index (χ4n) is 3.15. The van der Waals surface area contributed by atoms with Crippen molar-refractivity contribution in [3.8, 4) is 0 Å². The number of carbonyl (C=O) groups is 1. The van der Waals surface area contributed by atoms with Gasteiger partial charge in [-0.15, -0.1) is 0 Å². The van der Waals surface area contributed by atoms with Gasteiger partial charge in [-0.1, -0.05) is 19.8 Å². The second-order valence-corrected chi connectivity index (χ2v) is 5.26. The van der Waals surface area contributed by atoms with Crippen molar-refractivity contribution < 1.29 is 4.79 Å². The van der Waals surface area contributed by atoms with Crippen LogP contribution in [0.4, 0.5) is 0 Å². The van der Waals surface area contributed by atoms with Crippen molar-refractivity contribution in [2.45, 2.75) is 58.0 Å². The minimum Gasteiger partial charge on any atom is -0.339 e. The molecular weight excluding hydrogens is 200 g/mol. The third kappa shape index (κ3) is 2.24. The Morgan fingerprint density at radius 1 is 1.31 bits per heavy atom. The number of nitrogens with zero attached hydrogens (tertiary/aromatic N) is 1. The summed E-state index contributed by atoms with van der Waals surface area (Å²) in [6.07, 6.45) is 6.14. The number of rotatable bonds is 3. The lowest BCUT2D eigenvalue weighted by Crippen LogP contribution is -2.49. The molecule has 0 aromatic rings. The molecule has 1 amide bonds. The summed E-state index contributed by atoms with van der Waals surface area (Å²) in [5, 5.41) is 3.35. The summed E-state index contributed by atoms with van der Waals surface area (Å²) < 4.78 is 0. The van der Waals surface area contributed by atoms with Gasteiger partial charge >= 0.3 is 0 Å². The van der Waals surface area contributed by atoms with Gasteiger partial charge in [-0.2, -0.15) is 0 Å². The average Bonchev–Trinajstić information content (AvgIpc) is 2.90. The summed E-state index contributed by atoms with van der Waals surface area (Å²) in [7, 11) is 0. The largest absolute Gasteiger partial charge is 0.339 e. The number of likely N-dealkylation sites (N-methyl/N-ethyl adjacent to an activating group) is 1. The highest BCUT2D eigenvalue weighted by Gasteiger charge is 2.35. The van der Waals surface area contributed by atoms with Gasteiger partial charge in [0.1, 0.15) is 0 Å². The van der Waals surface area contributed by atoms with Gasteiger partial charge in [0.15, 0.2) is 0 Å². The number of amides is 1. The van der Waals surface area contributed by atoms with Crippen molar-refractivity contribution >= 4 is 5.91 Å². The summed E-state index contributed by atoms with van der Waals surface area (Å²) in [6, 6.07) is 0.604. The first kappa shape index (κ1) is 11.9. The molecule has 2 unspecified atom stereocenters. The van der Waals surface area contributed by atoms with Crippen LogP contribution in [-0.2, 0) is 4.79 Å². The van der Waals surface area contributed by atoms with Crippen molar-refractivity contribution in [2.24, 2.45) is 5.92 Å². The topological polar surface area (TPSA) is 32.3 Å². The third-order valence-electron chi connectivity index (χ3n) is 4.19. The lowest BCUT2D eigenvalue weighted by molar-refractivity contribution is -0.136. The van der Waals surface area contributed by atoms with Gasteiger partial charge in [-0.25, -0.2) is 0 Å². The van der Waals surface area contributed by atoms with E-state index in [9.17, 15) is 4.79 Å². The van der Waals surface area contributed by atoms with Crippen LogP contribution in [-0.4, -0.2) is 36.0 Å². The van der Waals surface area contributed by atoms with Crippen LogP contribution in [0.25, 0.3) is 0 Å². The Kier molecular flexibility index (Phi) is 3.85. The van der Waals surface area contributed by atoms with Gasteiger partial charge in [-0.05, 0) is 38.6 Å². The Bertz CT molecular complexity index is 248. The number of hydrogen-bond donors (Lipinski definition) is 1. The fourth-order valence-corrected chi connectivity index (χ4v) is 3.15. The van der Waals surface area contributed by atoms with E-state index < -0.39 is 0 Å². The number of carbonyl (C=O) groups excluding carboxylic acids is 1. The summed E-state index contributed by atoms with van der Waals surface area (Å²) in [4.78, 5) is 14.6. The van der Waals surface area contributed by atoms with Crippen molar-refractivity contribution in [2.75, 3.05) is 13.1 Å². The second-order valence-electron chi connectivity index (χ2n) is 5.26. The summed E-state index contributed by atoms with van der Waals surface area (Å²) in [6.45, 7) is 6.16. The van der Waals surface area contributed by atoms with Gasteiger partial charge in [-0.3, -0.25) is 4.79 Å². The predicted octanol–water partition coefficient (Wildman–Crippen LogP) is 1.78. The van der Waals surface area contributed by atoms with Crippen LogP contribution >= 0.6 is 0 Å². The van der Waals surface area contributed by atoms with E-state index in [0.29, 0.717) is 17.9 Å². The van der Waals surface area contributed by atoms with Crippen LogP contribution in [0.5, 0.6) is 0 Å². The maximum Gasteiger partial charge on any atom is 0.240 e. The van der Waals surface area contributed by atoms with E-state index in [1.807, 2.05) is 0 Å². The highest BCUT2D eigenvalue weighted by Crippen LogP contribution is 2.25. The minimum atomic E-state index is 0.0838. The summed E-state index contributed by atoms with van der Waals surface area (Å²) in [5.41, 5.74) is 0. The maximum absolute atomic E-state index is 12.4. The molecule has 1 aliphatic heterocycles. The summed E-state index contributed by atoms with van der Waals surface area (Å²) >= 11 is 0. The Hall–Kier alpha value is -0.570. The molecule has 92 valence electrons. The fraction of sp³-hybridized carbons (Fsp3) is 0.923. The van der Waals surface area contributed by atoms with Gasteiger partial charge in [0, 0.05) is 12.6 Å². The van der Waals surface area contributed by atoms with E-state index in [2.05, 4.69) is 24.1 Å². The molecule has 3 heteroatoms. The van der Waals surface area contributed by atoms with E-state index in [0.717, 1.165) is 19.5 Å². The zero-order chi connectivity index (χ0) is 11.5. The zero-order valence-corrected chi connectivity index (χ0v) is 10.5. The molecule has 0 aromatic heterocycles. The molecule has 1 saturated carbocycles. The molecule has 0 aromatic carbocycles. The van der Waals surface area contributed by atoms with Crippen LogP contribution in [0.3, 0.4) is 0 Å². The lowest BCUT2D eigenvalue weighted by Gasteiger charge is -2.31. The molecular formula is C13H24N2O. The highest BCUT2D eigenvalue weighted by molar-refractivity contribution is 5.82.